The van der Waals surface area contributed by atoms with E-state index in [1.165, 1.54) is 14.2 Å². The molecular weight excluding hydrogens is 418 g/mol. The molecule has 1 aromatic heterocycles. The van der Waals surface area contributed by atoms with Crippen molar-refractivity contribution >= 4 is 45.8 Å². The van der Waals surface area contributed by atoms with Crippen LogP contribution in [0, 0.1) is 13.8 Å². The Kier molecular flexibility index (Phi) is 8.04. The van der Waals surface area contributed by atoms with Crippen molar-refractivity contribution in [1.82, 2.24) is 0 Å². The Morgan fingerprint density at radius 2 is 1.79 bits per heavy atom. The van der Waals surface area contributed by atoms with Crippen molar-refractivity contribution in [2.45, 2.75) is 26.7 Å². The lowest BCUT2D eigenvalue weighted by atomic mass is 10.1. The van der Waals surface area contributed by atoms with Crippen LogP contribution in [0.5, 0.6) is 5.75 Å². The lowest BCUT2D eigenvalue weighted by molar-refractivity contribution is -0.116. The van der Waals surface area contributed by atoms with E-state index in [-0.39, 0.29) is 27.8 Å². The third kappa shape index (κ3) is 5.71. The minimum atomic E-state index is -0.634. The number of hydrogen-bond donors (Lipinski definition) is 1. The summed E-state index contributed by atoms with van der Waals surface area (Å²) in [7, 11) is 2.49. The second kappa shape index (κ2) is 10.3. The van der Waals surface area contributed by atoms with Crippen LogP contribution >= 0.6 is 22.9 Å². The Bertz CT molecular complexity index is 924. The van der Waals surface area contributed by atoms with Crippen LogP contribution in [-0.4, -0.2) is 38.7 Å². The van der Waals surface area contributed by atoms with Gasteiger partial charge in [0.1, 0.15) is 15.6 Å². The van der Waals surface area contributed by atoms with Crippen LogP contribution < -0.4 is 10.1 Å². The van der Waals surface area contributed by atoms with Crippen molar-refractivity contribution in [3.8, 4) is 5.75 Å². The molecule has 1 heterocycles. The zero-order valence-electron chi connectivity index (χ0n) is 16.6. The largest absolute Gasteiger partial charge is 0.493 e. The number of rotatable bonds is 8. The Balaban J connectivity index is 1.99. The molecule has 7 nitrogen and oxygen atoms in total. The summed E-state index contributed by atoms with van der Waals surface area (Å²) in [5, 5.41) is 3.57. The van der Waals surface area contributed by atoms with Gasteiger partial charge in [0.15, 0.2) is 0 Å². The average Bonchev–Trinajstić information content (AvgIpc) is 3.01. The first-order valence-corrected chi connectivity index (χ1v) is 9.96. The third-order valence-corrected chi connectivity index (χ3v) is 5.53. The molecule has 0 spiro atoms. The van der Waals surface area contributed by atoms with Crippen molar-refractivity contribution in [3.63, 3.8) is 0 Å². The Labute approximate surface area is 177 Å². The van der Waals surface area contributed by atoms with Gasteiger partial charge in [-0.2, -0.15) is 0 Å². The molecule has 0 saturated heterocycles. The first-order chi connectivity index (χ1) is 13.8. The van der Waals surface area contributed by atoms with Gasteiger partial charge in [-0.25, -0.2) is 9.59 Å². The monoisotopic (exact) mass is 439 g/mol. The van der Waals surface area contributed by atoms with E-state index in [0.29, 0.717) is 29.4 Å². The minimum absolute atomic E-state index is 0.152. The number of thiophene rings is 1. The normalized spacial score (nSPS) is 10.4. The van der Waals surface area contributed by atoms with Gasteiger partial charge in [-0.3, -0.25) is 4.79 Å². The second-order valence-electron chi connectivity index (χ2n) is 6.15. The molecule has 0 unspecified atom stereocenters. The molecule has 0 bridgehead atoms. The summed E-state index contributed by atoms with van der Waals surface area (Å²) in [5.74, 6) is -0.806. The molecule has 0 radical (unpaired) electrons. The van der Waals surface area contributed by atoms with Crippen molar-refractivity contribution in [2.75, 3.05) is 26.1 Å². The van der Waals surface area contributed by atoms with Crippen LogP contribution in [0.15, 0.2) is 18.2 Å². The van der Waals surface area contributed by atoms with Crippen LogP contribution in [0.1, 0.15) is 44.0 Å². The lowest BCUT2D eigenvalue weighted by Gasteiger charge is -2.09. The van der Waals surface area contributed by atoms with Gasteiger partial charge in [-0.05, 0) is 49.6 Å². The third-order valence-electron chi connectivity index (χ3n) is 4.10. The Hall–Kier alpha value is -2.58. The zero-order chi connectivity index (χ0) is 21.6. The fourth-order valence-corrected chi connectivity index (χ4v) is 3.97. The molecule has 1 aromatic carbocycles. The number of nitrogens with one attached hydrogen (secondary N) is 1. The number of amides is 1. The van der Waals surface area contributed by atoms with E-state index in [9.17, 15) is 14.4 Å². The maximum atomic E-state index is 12.3. The van der Waals surface area contributed by atoms with Crippen molar-refractivity contribution in [1.29, 1.82) is 0 Å². The summed E-state index contributed by atoms with van der Waals surface area (Å²) >= 11 is 6.89. The Morgan fingerprint density at radius 3 is 2.41 bits per heavy atom. The molecule has 0 atom stereocenters. The Morgan fingerprint density at radius 1 is 1.10 bits per heavy atom. The van der Waals surface area contributed by atoms with E-state index < -0.39 is 11.9 Å². The molecule has 2 aromatic rings. The van der Waals surface area contributed by atoms with E-state index in [1.54, 1.807) is 25.1 Å². The summed E-state index contributed by atoms with van der Waals surface area (Å²) < 4.78 is 15.2. The lowest BCUT2D eigenvalue weighted by Crippen LogP contribution is -2.15. The van der Waals surface area contributed by atoms with E-state index in [1.807, 2.05) is 6.92 Å². The molecular formula is C20H22ClNO6S. The van der Waals surface area contributed by atoms with Gasteiger partial charge in [-0.15, -0.1) is 11.3 Å². The summed E-state index contributed by atoms with van der Waals surface area (Å²) in [6.07, 6.45) is 0.646. The summed E-state index contributed by atoms with van der Waals surface area (Å²) in [5.41, 5.74) is 1.47. The molecule has 9 heteroatoms. The molecule has 1 amide bonds. The minimum Gasteiger partial charge on any atom is -0.493 e. The zero-order valence-corrected chi connectivity index (χ0v) is 18.2. The van der Waals surface area contributed by atoms with Gasteiger partial charge in [0, 0.05) is 11.4 Å². The van der Waals surface area contributed by atoms with E-state index in [2.05, 4.69) is 5.32 Å². The molecule has 1 N–H and O–H groups in total. The van der Waals surface area contributed by atoms with Crippen LogP contribution in [0.3, 0.4) is 0 Å². The molecule has 0 fully saturated rings. The van der Waals surface area contributed by atoms with Crippen LogP contribution in [0.2, 0.25) is 5.02 Å². The number of halogens is 1. The first kappa shape index (κ1) is 22.7. The van der Waals surface area contributed by atoms with Crippen LogP contribution in [0.25, 0.3) is 0 Å². The van der Waals surface area contributed by atoms with E-state index in [4.69, 9.17) is 25.8 Å². The number of carbonyl (C=O) groups excluding carboxylic acids is 3. The van der Waals surface area contributed by atoms with Crippen LogP contribution in [0.4, 0.5) is 5.00 Å². The van der Waals surface area contributed by atoms with Gasteiger partial charge in [0.25, 0.3) is 0 Å². The molecule has 0 aliphatic rings. The number of ether oxygens (including phenoxy) is 3. The summed E-state index contributed by atoms with van der Waals surface area (Å²) in [6, 6.07) is 5.32. The average molecular weight is 440 g/mol. The first-order valence-electron chi connectivity index (χ1n) is 8.77. The number of benzene rings is 1. The van der Waals surface area contributed by atoms with Gasteiger partial charge in [-0.1, -0.05) is 11.6 Å². The number of carbonyl (C=O) groups is 3. The topological polar surface area (TPSA) is 90.9 Å². The highest BCUT2D eigenvalue weighted by atomic mass is 35.5. The fourth-order valence-electron chi connectivity index (χ4n) is 2.62. The highest BCUT2D eigenvalue weighted by molar-refractivity contribution is 7.18. The smallest absolute Gasteiger partial charge is 0.348 e. The highest BCUT2D eigenvalue weighted by Gasteiger charge is 2.26. The number of aryl methyl sites for hydroxylation is 1. The number of anilines is 1. The van der Waals surface area contributed by atoms with Crippen molar-refractivity contribution in [3.05, 3.63) is 44.8 Å². The van der Waals surface area contributed by atoms with E-state index >= 15 is 0 Å². The van der Waals surface area contributed by atoms with Gasteiger partial charge < -0.3 is 19.5 Å². The van der Waals surface area contributed by atoms with E-state index in [0.717, 1.165) is 16.9 Å². The standard InChI is InChI=1S/C20H22ClNO6S/c1-11-10-13(21)7-8-14(11)28-9-5-6-15(23)22-18-16(19(24)26-3)12(2)17(29-18)20(25)27-4/h7-8,10H,5-6,9H2,1-4H3,(H,22,23). The molecule has 0 aliphatic carbocycles. The maximum Gasteiger partial charge on any atom is 0.348 e. The number of esters is 2. The number of hydrogen-bond acceptors (Lipinski definition) is 7. The maximum absolute atomic E-state index is 12.3. The van der Waals surface area contributed by atoms with Gasteiger partial charge >= 0.3 is 11.9 Å². The van der Waals surface area contributed by atoms with Gasteiger partial charge in [0.05, 0.1) is 26.4 Å². The predicted octanol–water partition coefficient (Wildman–Crippen LogP) is 4.39. The SMILES string of the molecule is COC(=O)c1sc(NC(=O)CCCOc2ccc(Cl)cc2C)c(C(=O)OC)c1C. The molecule has 29 heavy (non-hydrogen) atoms. The fraction of sp³-hybridized carbons (Fsp3) is 0.350. The quantitative estimate of drug-likeness (QED) is 0.484. The summed E-state index contributed by atoms with van der Waals surface area (Å²) in [4.78, 5) is 36.5. The number of methoxy groups -OCH3 is 2. The van der Waals surface area contributed by atoms with Gasteiger partial charge in [0.2, 0.25) is 5.91 Å². The predicted molar refractivity (Wildman–Crippen MR) is 111 cm³/mol. The summed E-state index contributed by atoms with van der Waals surface area (Å²) in [6.45, 7) is 3.84. The second-order valence-corrected chi connectivity index (χ2v) is 7.61. The van der Waals surface area contributed by atoms with Crippen molar-refractivity contribution < 1.29 is 28.6 Å². The van der Waals surface area contributed by atoms with Crippen LogP contribution in [-0.2, 0) is 14.3 Å². The molecule has 156 valence electrons. The molecule has 0 aliphatic heterocycles. The highest BCUT2D eigenvalue weighted by Crippen LogP contribution is 2.34. The van der Waals surface area contributed by atoms with Crippen molar-refractivity contribution in [2.24, 2.45) is 0 Å². The molecule has 0 saturated carbocycles. The molecule has 2 rings (SSSR count).